The van der Waals surface area contributed by atoms with Gasteiger partial charge in [0.2, 0.25) is 0 Å². The molecular weight excluding hydrogens is 252 g/mol. The molecule has 1 unspecified atom stereocenters. The molecule has 0 aromatic heterocycles. The highest BCUT2D eigenvalue weighted by atomic mass is 79.9. The van der Waals surface area contributed by atoms with Gasteiger partial charge in [0.15, 0.2) is 0 Å². The maximum absolute atomic E-state index is 7.37. The second kappa shape index (κ2) is 5.21. The Balaban J connectivity index is 3.20. The van der Waals surface area contributed by atoms with E-state index in [0.29, 0.717) is 0 Å². The van der Waals surface area contributed by atoms with Crippen molar-refractivity contribution in [3.05, 3.63) is 33.3 Å². The fourth-order valence-corrected chi connectivity index (χ4v) is 1.79. The summed E-state index contributed by atoms with van der Waals surface area (Å²) in [6.07, 6.45) is 3.20. The molecule has 0 heterocycles. The van der Waals surface area contributed by atoms with Crippen LogP contribution in [0.2, 0.25) is 0 Å². The average molecular weight is 267 g/mol. The summed E-state index contributed by atoms with van der Waals surface area (Å²) in [6, 6.07) is 4.18. The van der Waals surface area contributed by atoms with Gasteiger partial charge in [-0.25, -0.2) is 0 Å². The maximum atomic E-state index is 7.37. The van der Waals surface area contributed by atoms with Crippen LogP contribution >= 0.6 is 15.9 Å². The lowest BCUT2D eigenvalue weighted by Gasteiger charge is -2.11. The number of hydrogen-bond acceptors (Lipinski definition) is 2. The van der Waals surface area contributed by atoms with Crippen LogP contribution in [0, 0.1) is 19.3 Å². The summed E-state index contributed by atoms with van der Waals surface area (Å²) < 4.78 is 1.14. The lowest BCUT2D eigenvalue weighted by Crippen LogP contribution is -2.02. The highest BCUT2D eigenvalue weighted by molar-refractivity contribution is 9.10. The largest absolute Gasteiger partial charge is 0.312 e. The molecule has 0 saturated carbocycles. The predicted octanol–water partition coefficient (Wildman–Crippen LogP) is 3.50. The molecule has 0 spiro atoms. The summed E-state index contributed by atoms with van der Waals surface area (Å²) >= 11 is 3.53. The van der Waals surface area contributed by atoms with Crippen molar-refractivity contribution in [2.75, 3.05) is 7.05 Å². The van der Waals surface area contributed by atoms with E-state index in [9.17, 15) is 0 Å². The lowest BCUT2D eigenvalue weighted by atomic mass is 9.97. The number of halogens is 1. The molecule has 3 heteroatoms. The summed E-state index contributed by atoms with van der Waals surface area (Å²) in [5.41, 5.74) is 3.51. The number of nitrogens with zero attached hydrogens (tertiary/aromatic N) is 1. The van der Waals surface area contributed by atoms with E-state index in [0.717, 1.165) is 10.0 Å². The molecule has 1 aromatic carbocycles. The second-order valence-corrected chi connectivity index (χ2v) is 4.36. The van der Waals surface area contributed by atoms with Crippen LogP contribution in [0.3, 0.4) is 0 Å². The average Bonchev–Trinajstić information content (AvgIpc) is 2.22. The highest BCUT2D eigenvalue weighted by Gasteiger charge is 2.08. The van der Waals surface area contributed by atoms with Gasteiger partial charge in [0, 0.05) is 23.9 Å². The van der Waals surface area contributed by atoms with E-state index in [4.69, 9.17) is 5.41 Å². The van der Waals surface area contributed by atoms with E-state index in [1.807, 2.05) is 0 Å². The Morgan fingerprint density at radius 2 is 1.87 bits per heavy atom. The van der Waals surface area contributed by atoms with Gasteiger partial charge in [-0.05, 0) is 30.5 Å². The van der Waals surface area contributed by atoms with Gasteiger partial charge in [-0.15, -0.1) is 0 Å². The van der Waals surface area contributed by atoms with Crippen molar-refractivity contribution in [3.8, 4) is 0 Å². The molecule has 15 heavy (non-hydrogen) atoms. The third-order valence-electron chi connectivity index (χ3n) is 2.33. The van der Waals surface area contributed by atoms with E-state index in [2.05, 4.69) is 46.9 Å². The molecule has 1 atom stereocenters. The van der Waals surface area contributed by atoms with Crippen LogP contribution in [0.5, 0.6) is 0 Å². The number of nitrogens with one attached hydrogen (secondary N) is 1. The maximum Gasteiger partial charge on any atom is 0.0535 e. The molecule has 0 amide bonds. The van der Waals surface area contributed by atoms with Crippen LogP contribution in [0.1, 0.15) is 22.6 Å². The van der Waals surface area contributed by atoms with Gasteiger partial charge < -0.3 is 5.41 Å². The quantitative estimate of drug-likeness (QED) is 0.814. The van der Waals surface area contributed by atoms with Crippen molar-refractivity contribution in [3.63, 3.8) is 0 Å². The first-order valence-electron chi connectivity index (χ1n) is 4.79. The van der Waals surface area contributed by atoms with E-state index in [1.165, 1.54) is 17.3 Å². The van der Waals surface area contributed by atoms with Crippen molar-refractivity contribution in [2.24, 2.45) is 4.99 Å². The molecule has 1 aromatic rings. The topological polar surface area (TPSA) is 36.2 Å². The smallest absolute Gasteiger partial charge is 0.0535 e. The Morgan fingerprint density at radius 1 is 1.33 bits per heavy atom. The summed E-state index contributed by atoms with van der Waals surface area (Å²) in [4.78, 5) is 3.98. The number of hydrogen-bond donors (Lipinski definition) is 1. The minimum atomic E-state index is -0.0134. The van der Waals surface area contributed by atoms with E-state index in [1.54, 1.807) is 13.3 Å². The van der Waals surface area contributed by atoms with Crippen molar-refractivity contribution < 1.29 is 0 Å². The van der Waals surface area contributed by atoms with Gasteiger partial charge in [0.05, 0.1) is 5.92 Å². The van der Waals surface area contributed by atoms with E-state index >= 15 is 0 Å². The third-order valence-corrected chi connectivity index (χ3v) is 3.58. The molecule has 0 bridgehead atoms. The molecule has 0 fully saturated rings. The zero-order chi connectivity index (χ0) is 11.4. The molecule has 0 aliphatic heterocycles. The minimum absolute atomic E-state index is 0.0134. The van der Waals surface area contributed by atoms with Gasteiger partial charge in [-0.2, -0.15) is 0 Å². The number of aliphatic imine (C=N–C) groups is 1. The molecule has 0 aliphatic rings. The normalized spacial score (nSPS) is 13.1. The van der Waals surface area contributed by atoms with Crippen LogP contribution in [-0.4, -0.2) is 19.5 Å². The molecule has 80 valence electrons. The molecule has 1 rings (SSSR count). The van der Waals surface area contributed by atoms with E-state index in [-0.39, 0.29) is 5.92 Å². The van der Waals surface area contributed by atoms with Crippen LogP contribution in [0.25, 0.3) is 0 Å². The first-order valence-corrected chi connectivity index (χ1v) is 5.59. The predicted molar refractivity (Wildman–Crippen MR) is 69.6 cm³/mol. The highest BCUT2D eigenvalue weighted by Crippen LogP contribution is 2.25. The van der Waals surface area contributed by atoms with Crippen molar-refractivity contribution in [2.45, 2.75) is 19.8 Å². The monoisotopic (exact) mass is 266 g/mol. The summed E-state index contributed by atoms with van der Waals surface area (Å²) in [5.74, 6) is -0.0134. The third kappa shape index (κ3) is 2.75. The summed E-state index contributed by atoms with van der Waals surface area (Å²) in [7, 11) is 1.73. The first-order chi connectivity index (χ1) is 7.10. The van der Waals surface area contributed by atoms with Gasteiger partial charge in [0.25, 0.3) is 0 Å². The van der Waals surface area contributed by atoms with E-state index < -0.39 is 0 Å². The molecule has 0 aliphatic carbocycles. The fourth-order valence-electron chi connectivity index (χ4n) is 1.56. The molecule has 1 N–H and O–H groups in total. The molecule has 0 radical (unpaired) electrons. The number of aryl methyl sites for hydroxylation is 2. The zero-order valence-corrected chi connectivity index (χ0v) is 10.8. The Kier molecular flexibility index (Phi) is 4.21. The van der Waals surface area contributed by atoms with Crippen LogP contribution in [-0.2, 0) is 0 Å². The standard InChI is InChI=1S/C12H15BrN2/c1-8-4-10(5-9(2)12(8)13)11(6-14)7-15-3/h4-7,11,14H,1-3H3. The summed E-state index contributed by atoms with van der Waals surface area (Å²) in [5, 5.41) is 7.37. The Hall–Kier alpha value is -0.960. The Morgan fingerprint density at radius 3 is 2.27 bits per heavy atom. The van der Waals surface area contributed by atoms with Crippen molar-refractivity contribution in [1.82, 2.24) is 0 Å². The molecular formula is C12H15BrN2. The van der Waals surface area contributed by atoms with Crippen LogP contribution in [0.15, 0.2) is 21.6 Å². The van der Waals surface area contributed by atoms with Gasteiger partial charge >= 0.3 is 0 Å². The second-order valence-electron chi connectivity index (χ2n) is 3.57. The number of benzene rings is 1. The van der Waals surface area contributed by atoms with Crippen molar-refractivity contribution >= 4 is 28.4 Å². The number of rotatable bonds is 3. The van der Waals surface area contributed by atoms with Crippen LogP contribution in [0.4, 0.5) is 0 Å². The first kappa shape index (κ1) is 12.1. The SMILES string of the molecule is CN=CC(C=N)c1cc(C)c(Br)c(C)c1. The molecule has 2 nitrogen and oxygen atoms in total. The van der Waals surface area contributed by atoms with Gasteiger partial charge in [-0.3, -0.25) is 4.99 Å². The Labute approximate surface area is 99.1 Å². The zero-order valence-electron chi connectivity index (χ0n) is 9.21. The molecule has 0 saturated heterocycles. The lowest BCUT2D eigenvalue weighted by molar-refractivity contribution is 1.18. The minimum Gasteiger partial charge on any atom is -0.312 e. The summed E-state index contributed by atoms with van der Waals surface area (Å²) in [6.45, 7) is 4.12. The fraction of sp³-hybridized carbons (Fsp3) is 0.333. The van der Waals surface area contributed by atoms with Crippen LogP contribution < -0.4 is 0 Å². The van der Waals surface area contributed by atoms with Gasteiger partial charge in [0.1, 0.15) is 0 Å². The van der Waals surface area contributed by atoms with Gasteiger partial charge in [-0.1, -0.05) is 28.1 Å². The Bertz CT molecular complexity index is 374. The van der Waals surface area contributed by atoms with Crippen molar-refractivity contribution in [1.29, 1.82) is 5.41 Å².